The fourth-order valence-electron chi connectivity index (χ4n) is 2.91. The number of halogens is 4. The van der Waals surface area contributed by atoms with Crippen LogP contribution in [0.5, 0.6) is 17.4 Å². The molecule has 3 aromatic rings. The molecule has 1 unspecified atom stereocenters. The van der Waals surface area contributed by atoms with Crippen LogP contribution in [0.3, 0.4) is 0 Å². The van der Waals surface area contributed by atoms with E-state index in [0.717, 1.165) is 19.1 Å². The van der Waals surface area contributed by atoms with Gasteiger partial charge in [0.2, 0.25) is 0 Å². The topological polar surface area (TPSA) is 114 Å². The predicted octanol–water partition coefficient (Wildman–Crippen LogP) is 5.03. The van der Waals surface area contributed by atoms with E-state index in [9.17, 15) is 26.6 Å². The number of rotatable bonds is 6. The Kier molecular flexibility index (Phi) is 6.77. The molecule has 1 aromatic heterocycles. The van der Waals surface area contributed by atoms with Crippen molar-refractivity contribution >= 4 is 21.3 Å². The number of nitrogens with zero attached hydrogens (tertiary/aromatic N) is 2. The summed E-state index contributed by atoms with van der Waals surface area (Å²) in [6.45, 7) is 1.00. The van der Waals surface area contributed by atoms with E-state index in [4.69, 9.17) is 14.3 Å². The monoisotopic (exact) mass is 498 g/mol. The Balaban J connectivity index is 2.07. The summed E-state index contributed by atoms with van der Waals surface area (Å²) in [6.07, 6.45) is -3.75. The summed E-state index contributed by atoms with van der Waals surface area (Å²) in [7, 11) is -1.80. The van der Waals surface area contributed by atoms with Gasteiger partial charge in [-0.2, -0.15) is 13.2 Å². The number of carbonyl (C=O) groups excluding carboxylic acids is 1. The summed E-state index contributed by atoms with van der Waals surface area (Å²) in [5.74, 6) is -2.90. The molecule has 0 fully saturated rings. The van der Waals surface area contributed by atoms with Gasteiger partial charge in [-0.1, -0.05) is 6.07 Å². The molecular weight excluding hydrogens is 480 g/mol. The van der Waals surface area contributed by atoms with Gasteiger partial charge in [0.25, 0.3) is 11.8 Å². The average Bonchev–Trinajstić information content (AvgIpc) is 2.73. The molecule has 0 radical (unpaired) electrons. The lowest BCUT2D eigenvalue weighted by Gasteiger charge is -2.16. The normalized spacial score (nSPS) is 13.1. The zero-order valence-corrected chi connectivity index (χ0v) is 18.8. The van der Waals surface area contributed by atoms with Crippen molar-refractivity contribution in [2.24, 2.45) is 0 Å². The Morgan fingerprint density at radius 1 is 1.15 bits per heavy atom. The first-order valence-electron chi connectivity index (χ1n) is 9.42. The lowest BCUT2D eigenvalue weighted by molar-refractivity contribution is -0.142. The number of amides is 1. The highest BCUT2D eigenvalue weighted by Crippen LogP contribution is 2.36. The van der Waals surface area contributed by atoms with Gasteiger partial charge in [-0.25, -0.2) is 13.4 Å². The number of benzene rings is 2. The smallest absolute Gasteiger partial charge is 0.435 e. The first-order chi connectivity index (χ1) is 15.8. The molecule has 2 N–H and O–H groups in total. The van der Waals surface area contributed by atoms with E-state index in [1.165, 1.54) is 43.7 Å². The van der Waals surface area contributed by atoms with E-state index in [2.05, 4.69) is 15.5 Å². The van der Waals surface area contributed by atoms with Gasteiger partial charge >= 0.3 is 6.18 Å². The second-order valence-corrected chi connectivity index (χ2v) is 9.23. The number of hydrogen-bond donors (Lipinski definition) is 2. The highest BCUT2D eigenvalue weighted by atomic mass is 32.2. The van der Waals surface area contributed by atoms with Gasteiger partial charge in [0.05, 0.1) is 16.8 Å². The van der Waals surface area contributed by atoms with Crippen molar-refractivity contribution in [2.45, 2.75) is 18.0 Å². The van der Waals surface area contributed by atoms with Crippen LogP contribution >= 0.6 is 0 Å². The van der Waals surface area contributed by atoms with E-state index in [0.29, 0.717) is 0 Å². The Bertz CT molecular complexity index is 1360. The van der Waals surface area contributed by atoms with Crippen molar-refractivity contribution in [2.75, 3.05) is 18.7 Å². The Morgan fingerprint density at radius 3 is 2.44 bits per heavy atom. The van der Waals surface area contributed by atoms with Gasteiger partial charge < -0.3 is 14.8 Å². The van der Waals surface area contributed by atoms with Gasteiger partial charge in [0, 0.05) is 22.9 Å². The van der Waals surface area contributed by atoms with E-state index in [-0.39, 0.29) is 16.3 Å². The van der Waals surface area contributed by atoms with Gasteiger partial charge in [-0.05, 0) is 42.8 Å². The molecule has 0 spiro atoms. The van der Waals surface area contributed by atoms with Crippen LogP contribution in [-0.2, 0) is 15.9 Å². The molecule has 2 aromatic carbocycles. The predicted molar refractivity (Wildman–Crippen MR) is 114 cm³/mol. The number of nitrogens with one attached hydrogen (secondary N) is 2. The number of ether oxygens (including phenoxy) is 2. The summed E-state index contributed by atoms with van der Waals surface area (Å²) in [5, 5.41) is 8.87. The molecule has 0 saturated heterocycles. The molecule has 0 saturated carbocycles. The quantitative estimate of drug-likeness (QED) is 0.461. The molecule has 13 heteroatoms. The second-order valence-electron chi connectivity index (χ2n) is 7.08. The third-order valence-electron chi connectivity index (χ3n) is 4.57. The Labute approximate surface area is 191 Å². The molecule has 34 heavy (non-hydrogen) atoms. The second kappa shape index (κ2) is 9.25. The molecule has 3 rings (SSSR count). The van der Waals surface area contributed by atoms with Crippen LogP contribution in [0.1, 0.15) is 21.6 Å². The van der Waals surface area contributed by atoms with Crippen molar-refractivity contribution in [1.82, 2.24) is 10.2 Å². The average molecular weight is 498 g/mol. The van der Waals surface area contributed by atoms with Crippen LogP contribution < -0.4 is 14.8 Å². The first kappa shape index (κ1) is 24.9. The fourth-order valence-corrected chi connectivity index (χ4v) is 3.60. The molecule has 180 valence electrons. The number of methoxy groups -OCH3 is 1. The van der Waals surface area contributed by atoms with Crippen molar-refractivity contribution in [3.8, 4) is 17.4 Å². The lowest BCUT2D eigenvalue weighted by Crippen LogP contribution is -2.21. The highest BCUT2D eigenvalue weighted by molar-refractivity contribution is 7.91. The van der Waals surface area contributed by atoms with Crippen LogP contribution in [0.15, 0.2) is 47.4 Å². The molecular formula is C21H18F4N4O4S. The minimum absolute atomic E-state index is 0.0654. The van der Waals surface area contributed by atoms with E-state index < -0.39 is 56.1 Å². The van der Waals surface area contributed by atoms with Crippen LogP contribution in [0.2, 0.25) is 0 Å². The molecule has 8 nitrogen and oxygen atoms in total. The maximum absolute atomic E-state index is 14.3. The molecule has 0 bridgehead atoms. The van der Waals surface area contributed by atoms with Crippen LogP contribution in [0.4, 0.5) is 23.2 Å². The highest BCUT2D eigenvalue weighted by Gasteiger charge is 2.38. The fraction of sp³-hybridized carbons (Fsp3) is 0.190. The molecule has 1 amide bonds. The van der Waals surface area contributed by atoms with Crippen molar-refractivity contribution in [3.63, 3.8) is 0 Å². The summed E-state index contributed by atoms with van der Waals surface area (Å²) < 4.78 is 84.4. The zero-order valence-electron chi connectivity index (χ0n) is 18.0. The van der Waals surface area contributed by atoms with Gasteiger partial charge in [-0.3, -0.25) is 4.79 Å². The van der Waals surface area contributed by atoms with Gasteiger partial charge in [-0.15, -0.1) is 10.2 Å². The Hall–Kier alpha value is -3.74. The third-order valence-corrected chi connectivity index (χ3v) is 5.72. The van der Waals surface area contributed by atoms with E-state index in [1.54, 1.807) is 0 Å². The molecule has 0 aliphatic carbocycles. The third kappa shape index (κ3) is 5.42. The largest absolute Gasteiger partial charge is 0.497 e. The number of hydrogen-bond acceptors (Lipinski definition) is 7. The van der Waals surface area contributed by atoms with Crippen molar-refractivity contribution in [3.05, 3.63) is 65.1 Å². The number of alkyl halides is 3. The van der Waals surface area contributed by atoms with Gasteiger partial charge in [0.15, 0.2) is 17.3 Å². The van der Waals surface area contributed by atoms with Crippen molar-refractivity contribution in [1.29, 1.82) is 4.78 Å². The molecule has 1 atom stereocenters. The van der Waals surface area contributed by atoms with Crippen LogP contribution in [0.25, 0.3) is 0 Å². The van der Waals surface area contributed by atoms with Crippen LogP contribution in [-0.4, -0.2) is 33.7 Å². The summed E-state index contributed by atoms with van der Waals surface area (Å²) in [6, 6.07) is 8.96. The summed E-state index contributed by atoms with van der Waals surface area (Å²) in [5.41, 5.74) is -2.58. The number of aromatic nitrogens is 2. The van der Waals surface area contributed by atoms with E-state index >= 15 is 0 Å². The standard InChI is InChI=1S/C21H18F4N4O4S/c1-11-17(19(30)27-12-5-4-6-14(9-12)34(3,26)31)20(29-28-18(11)21(23,24)25)33-16-8-7-13(32-2)10-15(16)22/h4-10,26H,1-3H3,(H,27,30). The minimum Gasteiger partial charge on any atom is -0.497 e. The van der Waals surface area contributed by atoms with E-state index in [1.807, 2.05) is 0 Å². The molecule has 1 heterocycles. The summed E-state index contributed by atoms with van der Waals surface area (Å²) in [4.78, 5) is 13.1. The SMILES string of the molecule is COc1ccc(Oc2nnc(C(F)(F)F)c(C)c2C(=O)Nc2cccc(S(C)(=N)=O)c2)c(F)c1. The summed E-state index contributed by atoms with van der Waals surface area (Å²) >= 11 is 0. The van der Waals surface area contributed by atoms with Gasteiger partial charge in [0.1, 0.15) is 11.3 Å². The minimum atomic E-state index is -4.92. The molecule has 0 aliphatic rings. The first-order valence-corrected chi connectivity index (χ1v) is 11.4. The maximum Gasteiger partial charge on any atom is 0.435 e. The Morgan fingerprint density at radius 2 is 1.85 bits per heavy atom. The maximum atomic E-state index is 14.3. The zero-order chi connectivity index (χ0) is 25.3. The van der Waals surface area contributed by atoms with Crippen molar-refractivity contribution < 1.29 is 36.0 Å². The number of anilines is 1. The van der Waals surface area contributed by atoms with Crippen LogP contribution in [0, 0.1) is 17.5 Å². The number of carbonyl (C=O) groups is 1. The molecule has 0 aliphatic heterocycles. The lowest BCUT2D eigenvalue weighted by atomic mass is 10.1.